The highest BCUT2D eigenvalue weighted by atomic mass is 35.5. The van der Waals surface area contributed by atoms with Crippen molar-refractivity contribution in [2.75, 3.05) is 19.6 Å². The van der Waals surface area contributed by atoms with Crippen molar-refractivity contribution in [1.29, 1.82) is 0 Å². The van der Waals surface area contributed by atoms with Gasteiger partial charge in [0, 0.05) is 5.56 Å². The van der Waals surface area contributed by atoms with Crippen LogP contribution in [0.2, 0.25) is 0 Å². The quantitative estimate of drug-likeness (QED) is 0.557. The first-order chi connectivity index (χ1) is 6.81. The van der Waals surface area contributed by atoms with E-state index in [9.17, 15) is 4.79 Å². The summed E-state index contributed by atoms with van der Waals surface area (Å²) in [4.78, 5) is 10.5. The minimum atomic E-state index is 0.389. The van der Waals surface area contributed by atoms with Gasteiger partial charge in [0.05, 0.1) is 13.0 Å². The van der Waals surface area contributed by atoms with E-state index in [1.165, 1.54) is 0 Å². The molecule has 0 aliphatic carbocycles. The van der Waals surface area contributed by atoms with Crippen LogP contribution in [0.15, 0.2) is 18.2 Å². The maximum atomic E-state index is 10.5. The first-order valence-electron chi connectivity index (χ1n) is 4.13. The number of carbonyl (C=O) groups is 1. The van der Waals surface area contributed by atoms with Gasteiger partial charge in [-0.25, -0.2) is 0 Å². The number of ether oxygens (including phenoxy) is 2. The third-order valence-corrected chi connectivity index (χ3v) is 1.81. The molecule has 0 fully saturated rings. The van der Waals surface area contributed by atoms with E-state index >= 15 is 0 Å². The topological polar surface area (TPSA) is 35.5 Å². The minimum absolute atomic E-state index is 0.389. The van der Waals surface area contributed by atoms with E-state index in [4.69, 9.17) is 21.1 Å². The fraction of sp³-hybridized carbons (Fsp3) is 0.300. The molecule has 0 aromatic heterocycles. The Balaban J connectivity index is 2.89. The van der Waals surface area contributed by atoms with Gasteiger partial charge < -0.3 is 9.47 Å². The van der Waals surface area contributed by atoms with Crippen molar-refractivity contribution in [3.8, 4) is 11.5 Å². The second kappa shape index (κ2) is 5.50. The van der Waals surface area contributed by atoms with Gasteiger partial charge in [0.25, 0.3) is 0 Å². The Bertz CT molecular complexity index is 312. The highest BCUT2D eigenvalue weighted by molar-refractivity contribution is 6.18. The molecule has 1 rings (SSSR count). The van der Waals surface area contributed by atoms with Gasteiger partial charge in [-0.15, -0.1) is 11.6 Å². The molecule has 0 N–H and O–H groups in total. The van der Waals surface area contributed by atoms with Gasteiger partial charge in [0.2, 0.25) is 0 Å². The average Bonchev–Trinajstić information content (AvgIpc) is 2.25. The lowest BCUT2D eigenvalue weighted by atomic mass is 10.2. The van der Waals surface area contributed by atoms with Crippen molar-refractivity contribution in [3.63, 3.8) is 0 Å². The lowest BCUT2D eigenvalue weighted by molar-refractivity contribution is 0.112. The molecule has 14 heavy (non-hydrogen) atoms. The molecule has 1 aromatic carbocycles. The van der Waals surface area contributed by atoms with Crippen LogP contribution in [0.5, 0.6) is 11.5 Å². The number of halogens is 1. The summed E-state index contributed by atoms with van der Waals surface area (Å²) in [5.74, 6) is 1.53. The number of hydrogen-bond acceptors (Lipinski definition) is 3. The summed E-state index contributed by atoms with van der Waals surface area (Å²) in [6, 6.07) is 4.98. The highest BCUT2D eigenvalue weighted by Crippen LogP contribution is 2.27. The number of alkyl halides is 1. The van der Waals surface area contributed by atoms with Crippen LogP contribution < -0.4 is 9.47 Å². The van der Waals surface area contributed by atoms with Crippen LogP contribution in [0, 0.1) is 0 Å². The monoisotopic (exact) mass is 214 g/mol. The standard InChI is InChI=1S/C10H11ClO3/c1-13-9-3-2-8(7-12)6-10(9)14-5-4-11/h2-3,6-7H,4-5H2,1H3. The van der Waals surface area contributed by atoms with Crippen molar-refractivity contribution < 1.29 is 14.3 Å². The zero-order valence-corrected chi connectivity index (χ0v) is 8.58. The summed E-state index contributed by atoms with van der Waals surface area (Å²) < 4.78 is 10.4. The van der Waals surface area contributed by atoms with Gasteiger partial charge in [-0.2, -0.15) is 0 Å². The molecular weight excluding hydrogens is 204 g/mol. The molecule has 76 valence electrons. The van der Waals surface area contributed by atoms with E-state index in [1.54, 1.807) is 25.3 Å². The van der Waals surface area contributed by atoms with Crippen molar-refractivity contribution in [3.05, 3.63) is 23.8 Å². The van der Waals surface area contributed by atoms with Crippen LogP contribution >= 0.6 is 11.6 Å². The van der Waals surface area contributed by atoms with Gasteiger partial charge >= 0.3 is 0 Å². The predicted octanol–water partition coefficient (Wildman–Crippen LogP) is 2.13. The van der Waals surface area contributed by atoms with Gasteiger partial charge in [0.1, 0.15) is 12.9 Å². The van der Waals surface area contributed by atoms with Gasteiger partial charge in [-0.05, 0) is 18.2 Å². The minimum Gasteiger partial charge on any atom is -0.493 e. The summed E-state index contributed by atoms with van der Waals surface area (Å²) >= 11 is 5.49. The number of methoxy groups -OCH3 is 1. The SMILES string of the molecule is COc1ccc(C=O)cc1OCCCl. The van der Waals surface area contributed by atoms with Crippen molar-refractivity contribution in [1.82, 2.24) is 0 Å². The fourth-order valence-corrected chi connectivity index (χ4v) is 1.11. The van der Waals surface area contributed by atoms with Gasteiger partial charge in [-0.3, -0.25) is 4.79 Å². The molecule has 0 aliphatic rings. The van der Waals surface area contributed by atoms with Gasteiger partial charge in [-0.1, -0.05) is 0 Å². The zero-order valence-electron chi connectivity index (χ0n) is 7.83. The van der Waals surface area contributed by atoms with Crippen molar-refractivity contribution >= 4 is 17.9 Å². The van der Waals surface area contributed by atoms with E-state index < -0.39 is 0 Å². The van der Waals surface area contributed by atoms with Crippen LogP contribution in [0.4, 0.5) is 0 Å². The van der Waals surface area contributed by atoms with E-state index in [-0.39, 0.29) is 0 Å². The Labute approximate surface area is 87.6 Å². The first-order valence-corrected chi connectivity index (χ1v) is 4.67. The molecule has 0 unspecified atom stereocenters. The smallest absolute Gasteiger partial charge is 0.161 e. The molecule has 0 atom stereocenters. The number of benzene rings is 1. The Morgan fingerprint density at radius 3 is 2.79 bits per heavy atom. The maximum Gasteiger partial charge on any atom is 0.161 e. The third kappa shape index (κ3) is 2.64. The second-order valence-electron chi connectivity index (χ2n) is 2.57. The van der Waals surface area contributed by atoms with E-state index in [2.05, 4.69) is 0 Å². The maximum absolute atomic E-state index is 10.5. The largest absolute Gasteiger partial charge is 0.493 e. The van der Waals surface area contributed by atoms with Gasteiger partial charge in [0.15, 0.2) is 11.5 Å². The van der Waals surface area contributed by atoms with Crippen LogP contribution in [0.1, 0.15) is 10.4 Å². The summed E-state index contributed by atoms with van der Waals surface area (Å²) in [5, 5.41) is 0. The molecule has 0 amide bonds. The summed E-state index contributed by atoms with van der Waals surface area (Å²) in [5.41, 5.74) is 0.551. The molecule has 1 aromatic rings. The molecule has 4 heteroatoms. The third-order valence-electron chi connectivity index (χ3n) is 1.66. The second-order valence-corrected chi connectivity index (χ2v) is 2.94. The summed E-state index contributed by atoms with van der Waals surface area (Å²) in [6.07, 6.45) is 0.757. The van der Waals surface area contributed by atoms with Crippen LogP contribution in [0.25, 0.3) is 0 Å². The van der Waals surface area contributed by atoms with Crippen LogP contribution in [-0.4, -0.2) is 25.9 Å². The lowest BCUT2D eigenvalue weighted by Crippen LogP contribution is -2.00. The molecule has 0 saturated carbocycles. The fourth-order valence-electron chi connectivity index (χ4n) is 1.03. The molecule has 0 aliphatic heterocycles. The Morgan fingerprint density at radius 1 is 1.43 bits per heavy atom. The van der Waals surface area contributed by atoms with E-state index in [0.717, 1.165) is 6.29 Å². The Kier molecular flexibility index (Phi) is 4.26. The zero-order chi connectivity index (χ0) is 10.4. The highest BCUT2D eigenvalue weighted by Gasteiger charge is 2.04. The molecular formula is C10H11ClO3. The number of rotatable bonds is 5. The molecule has 0 saturated heterocycles. The Hall–Kier alpha value is -1.22. The van der Waals surface area contributed by atoms with Crippen molar-refractivity contribution in [2.24, 2.45) is 0 Å². The molecule has 0 heterocycles. The predicted molar refractivity (Wildman–Crippen MR) is 54.6 cm³/mol. The molecule has 0 radical (unpaired) electrons. The normalized spacial score (nSPS) is 9.57. The number of carbonyl (C=O) groups excluding carboxylic acids is 1. The lowest BCUT2D eigenvalue weighted by Gasteiger charge is -2.09. The Morgan fingerprint density at radius 2 is 2.21 bits per heavy atom. The summed E-state index contributed by atoms with van der Waals surface area (Å²) in [7, 11) is 1.55. The number of hydrogen-bond donors (Lipinski definition) is 0. The number of aldehydes is 1. The van der Waals surface area contributed by atoms with Crippen molar-refractivity contribution in [2.45, 2.75) is 0 Å². The first kappa shape index (κ1) is 10.9. The average molecular weight is 215 g/mol. The molecule has 0 bridgehead atoms. The van der Waals surface area contributed by atoms with E-state index in [0.29, 0.717) is 29.5 Å². The van der Waals surface area contributed by atoms with Crippen LogP contribution in [0.3, 0.4) is 0 Å². The molecule has 0 spiro atoms. The summed E-state index contributed by atoms with van der Waals surface area (Å²) in [6.45, 7) is 0.389. The van der Waals surface area contributed by atoms with Crippen LogP contribution in [-0.2, 0) is 0 Å². The van der Waals surface area contributed by atoms with E-state index in [1.807, 2.05) is 0 Å². The molecule has 3 nitrogen and oxygen atoms in total.